The summed E-state index contributed by atoms with van der Waals surface area (Å²) < 4.78 is 0. The molecule has 0 aromatic heterocycles. The van der Waals surface area contributed by atoms with Crippen LogP contribution in [0.5, 0.6) is 0 Å². The van der Waals surface area contributed by atoms with Crippen molar-refractivity contribution in [2.24, 2.45) is 0 Å². The standard InChI is InChI=1S/C21H19NO2/c23-21(24)19-14-13-17(12-11-16-7-3-1-4-8-16)15-20(19)22-18-9-5-2-6-10-18/h1-10,13-15,22H,11-12H2,(H,23,24). The van der Waals surface area contributed by atoms with Gasteiger partial charge in [-0.05, 0) is 48.2 Å². The fourth-order valence-electron chi connectivity index (χ4n) is 2.65. The van der Waals surface area contributed by atoms with E-state index in [4.69, 9.17) is 0 Å². The topological polar surface area (TPSA) is 49.3 Å². The Morgan fingerprint density at radius 3 is 2.08 bits per heavy atom. The fraction of sp³-hybridized carbons (Fsp3) is 0.0952. The number of nitrogens with one attached hydrogen (secondary N) is 1. The van der Waals surface area contributed by atoms with Crippen LogP contribution in [0.25, 0.3) is 0 Å². The van der Waals surface area contributed by atoms with E-state index in [2.05, 4.69) is 17.4 Å². The zero-order chi connectivity index (χ0) is 16.8. The molecule has 0 aliphatic heterocycles. The Kier molecular flexibility index (Phi) is 4.92. The lowest BCUT2D eigenvalue weighted by atomic mass is 10.0. The van der Waals surface area contributed by atoms with E-state index in [9.17, 15) is 9.90 Å². The van der Waals surface area contributed by atoms with Crippen molar-refractivity contribution in [2.45, 2.75) is 12.8 Å². The van der Waals surface area contributed by atoms with Crippen LogP contribution in [0.2, 0.25) is 0 Å². The lowest BCUT2D eigenvalue weighted by molar-refractivity contribution is 0.0698. The highest BCUT2D eigenvalue weighted by atomic mass is 16.4. The Bertz CT molecular complexity index is 814. The van der Waals surface area contributed by atoms with E-state index in [0.29, 0.717) is 5.69 Å². The molecule has 120 valence electrons. The molecule has 2 N–H and O–H groups in total. The second-order valence-electron chi connectivity index (χ2n) is 5.66. The van der Waals surface area contributed by atoms with Crippen molar-refractivity contribution >= 4 is 17.3 Å². The molecule has 0 saturated heterocycles. The first-order valence-electron chi connectivity index (χ1n) is 7.94. The van der Waals surface area contributed by atoms with E-state index in [-0.39, 0.29) is 5.56 Å². The van der Waals surface area contributed by atoms with Gasteiger partial charge in [-0.25, -0.2) is 4.79 Å². The number of carbonyl (C=O) groups is 1. The SMILES string of the molecule is O=C(O)c1ccc(CCc2ccccc2)cc1Nc1ccccc1. The van der Waals surface area contributed by atoms with E-state index in [1.165, 1.54) is 5.56 Å². The number of aromatic carboxylic acids is 1. The Balaban J connectivity index is 1.81. The molecule has 0 heterocycles. The summed E-state index contributed by atoms with van der Waals surface area (Å²) in [6, 6.07) is 25.4. The average molecular weight is 317 g/mol. The summed E-state index contributed by atoms with van der Waals surface area (Å²) in [7, 11) is 0. The molecule has 3 nitrogen and oxygen atoms in total. The maximum absolute atomic E-state index is 11.5. The van der Waals surface area contributed by atoms with Crippen LogP contribution in [0.3, 0.4) is 0 Å². The molecule has 0 unspecified atom stereocenters. The average Bonchev–Trinajstić information content (AvgIpc) is 2.62. The highest BCUT2D eigenvalue weighted by molar-refractivity contribution is 5.95. The van der Waals surface area contributed by atoms with Crippen LogP contribution in [0.4, 0.5) is 11.4 Å². The van der Waals surface area contributed by atoms with Crippen LogP contribution in [0, 0.1) is 0 Å². The number of hydrogen-bond acceptors (Lipinski definition) is 2. The minimum absolute atomic E-state index is 0.280. The van der Waals surface area contributed by atoms with Gasteiger partial charge in [-0.2, -0.15) is 0 Å². The van der Waals surface area contributed by atoms with Crippen LogP contribution in [0.15, 0.2) is 78.9 Å². The summed E-state index contributed by atoms with van der Waals surface area (Å²) in [5.74, 6) is -0.928. The normalized spacial score (nSPS) is 10.3. The van der Waals surface area contributed by atoms with Gasteiger partial charge in [0.2, 0.25) is 0 Å². The van der Waals surface area contributed by atoms with E-state index < -0.39 is 5.97 Å². The van der Waals surface area contributed by atoms with Gasteiger partial charge in [0.05, 0.1) is 11.3 Å². The van der Waals surface area contributed by atoms with Gasteiger partial charge in [0.15, 0.2) is 0 Å². The molecular formula is C21H19NO2. The molecule has 3 aromatic carbocycles. The van der Waals surface area contributed by atoms with Crippen molar-refractivity contribution in [1.29, 1.82) is 0 Å². The molecule has 0 spiro atoms. The molecule has 0 saturated carbocycles. The number of carboxylic acids is 1. The van der Waals surface area contributed by atoms with Gasteiger partial charge in [-0.3, -0.25) is 0 Å². The molecule has 3 rings (SSSR count). The molecule has 0 radical (unpaired) electrons. The number of aryl methyl sites for hydroxylation is 2. The van der Waals surface area contributed by atoms with Crippen molar-refractivity contribution in [2.75, 3.05) is 5.32 Å². The highest BCUT2D eigenvalue weighted by Gasteiger charge is 2.11. The van der Waals surface area contributed by atoms with E-state index in [1.807, 2.05) is 60.7 Å². The second-order valence-corrected chi connectivity index (χ2v) is 5.66. The predicted molar refractivity (Wildman–Crippen MR) is 97.0 cm³/mol. The molecule has 3 heteroatoms. The molecule has 0 fully saturated rings. The van der Waals surface area contributed by atoms with Gasteiger partial charge < -0.3 is 10.4 Å². The Labute approximate surface area is 141 Å². The number of benzene rings is 3. The Morgan fingerprint density at radius 2 is 1.42 bits per heavy atom. The first-order chi connectivity index (χ1) is 11.7. The van der Waals surface area contributed by atoms with Gasteiger partial charge in [0.25, 0.3) is 0 Å². The van der Waals surface area contributed by atoms with Crippen LogP contribution < -0.4 is 5.32 Å². The van der Waals surface area contributed by atoms with Crippen LogP contribution in [-0.4, -0.2) is 11.1 Å². The smallest absolute Gasteiger partial charge is 0.337 e. The highest BCUT2D eigenvalue weighted by Crippen LogP contribution is 2.23. The minimum Gasteiger partial charge on any atom is -0.478 e. The maximum Gasteiger partial charge on any atom is 0.337 e. The van der Waals surface area contributed by atoms with Crippen molar-refractivity contribution in [3.05, 3.63) is 95.6 Å². The number of para-hydroxylation sites is 1. The van der Waals surface area contributed by atoms with Gasteiger partial charge in [0.1, 0.15) is 0 Å². The minimum atomic E-state index is -0.928. The van der Waals surface area contributed by atoms with E-state index in [1.54, 1.807) is 6.07 Å². The monoisotopic (exact) mass is 317 g/mol. The quantitative estimate of drug-likeness (QED) is 0.679. The molecule has 0 aliphatic carbocycles. The van der Waals surface area contributed by atoms with Crippen molar-refractivity contribution in [3.63, 3.8) is 0 Å². The number of carboxylic acid groups (broad SMARTS) is 1. The third kappa shape index (κ3) is 4.02. The molecule has 3 aromatic rings. The Morgan fingerprint density at radius 1 is 0.792 bits per heavy atom. The number of hydrogen-bond donors (Lipinski definition) is 2. The van der Waals surface area contributed by atoms with Crippen molar-refractivity contribution < 1.29 is 9.90 Å². The predicted octanol–water partition coefficient (Wildman–Crippen LogP) is 4.91. The summed E-state index contributed by atoms with van der Waals surface area (Å²) in [6.07, 6.45) is 1.80. The van der Waals surface area contributed by atoms with Crippen LogP contribution >= 0.6 is 0 Å². The fourth-order valence-corrected chi connectivity index (χ4v) is 2.65. The lowest BCUT2D eigenvalue weighted by Gasteiger charge is -2.12. The molecule has 0 amide bonds. The first-order valence-corrected chi connectivity index (χ1v) is 7.94. The molecular weight excluding hydrogens is 298 g/mol. The van der Waals surface area contributed by atoms with Gasteiger partial charge in [0, 0.05) is 5.69 Å². The van der Waals surface area contributed by atoms with Crippen molar-refractivity contribution in [1.82, 2.24) is 0 Å². The van der Waals surface area contributed by atoms with Gasteiger partial charge >= 0.3 is 5.97 Å². The molecule has 0 bridgehead atoms. The van der Waals surface area contributed by atoms with Gasteiger partial charge in [-0.15, -0.1) is 0 Å². The zero-order valence-corrected chi connectivity index (χ0v) is 13.3. The van der Waals surface area contributed by atoms with Gasteiger partial charge in [-0.1, -0.05) is 54.6 Å². The number of rotatable bonds is 6. The van der Waals surface area contributed by atoms with Crippen molar-refractivity contribution in [3.8, 4) is 0 Å². The summed E-state index contributed by atoms with van der Waals surface area (Å²) in [5.41, 5.74) is 4.17. The zero-order valence-electron chi connectivity index (χ0n) is 13.3. The van der Waals surface area contributed by atoms with Crippen LogP contribution in [-0.2, 0) is 12.8 Å². The summed E-state index contributed by atoms with van der Waals surface area (Å²) in [4.78, 5) is 11.5. The third-order valence-electron chi connectivity index (χ3n) is 3.91. The number of anilines is 2. The summed E-state index contributed by atoms with van der Waals surface area (Å²) in [5, 5.41) is 12.6. The molecule has 0 atom stereocenters. The van der Waals surface area contributed by atoms with E-state index in [0.717, 1.165) is 24.1 Å². The summed E-state index contributed by atoms with van der Waals surface area (Å²) in [6.45, 7) is 0. The van der Waals surface area contributed by atoms with E-state index >= 15 is 0 Å². The van der Waals surface area contributed by atoms with Crippen LogP contribution in [0.1, 0.15) is 21.5 Å². The lowest BCUT2D eigenvalue weighted by Crippen LogP contribution is -2.04. The second kappa shape index (κ2) is 7.47. The third-order valence-corrected chi connectivity index (χ3v) is 3.91. The summed E-state index contributed by atoms with van der Waals surface area (Å²) >= 11 is 0. The molecule has 0 aliphatic rings. The molecule has 24 heavy (non-hydrogen) atoms. The first kappa shape index (κ1) is 15.8. The Hall–Kier alpha value is -3.07. The largest absolute Gasteiger partial charge is 0.478 e. The maximum atomic E-state index is 11.5.